The van der Waals surface area contributed by atoms with Crippen molar-refractivity contribution >= 4 is 22.3 Å². The third-order valence-corrected chi connectivity index (χ3v) is 5.29. The Balaban J connectivity index is 2.23. The quantitative estimate of drug-likeness (QED) is 0.610. The molecule has 3 unspecified atom stereocenters. The molecule has 1 aliphatic rings. The van der Waals surface area contributed by atoms with Gasteiger partial charge in [0.2, 0.25) is 6.19 Å². The molecule has 0 saturated heterocycles. The summed E-state index contributed by atoms with van der Waals surface area (Å²) in [7, 11) is -0.178. The molecular formula is C12H14ClN3S. The van der Waals surface area contributed by atoms with Gasteiger partial charge < -0.3 is 0 Å². The molecule has 0 aliphatic heterocycles. The maximum Gasteiger partial charge on any atom is 0.212 e. The van der Waals surface area contributed by atoms with E-state index >= 15 is 0 Å². The van der Waals surface area contributed by atoms with E-state index in [2.05, 4.69) is 15.6 Å². The molecule has 2 rings (SSSR count). The Morgan fingerprint density at radius 1 is 1.53 bits per heavy atom. The van der Waals surface area contributed by atoms with Crippen LogP contribution in [0.3, 0.4) is 0 Å². The Morgan fingerprint density at radius 2 is 2.35 bits per heavy atom. The van der Waals surface area contributed by atoms with Crippen LogP contribution in [0.25, 0.3) is 0 Å². The second-order valence-electron chi connectivity index (χ2n) is 4.21. The predicted octanol–water partition coefficient (Wildman–Crippen LogP) is 3.28. The van der Waals surface area contributed by atoms with E-state index in [4.69, 9.17) is 16.9 Å². The van der Waals surface area contributed by atoms with E-state index in [1.54, 1.807) is 0 Å². The number of hydrogen-bond donors (Lipinski definition) is 0. The molecule has 1 heterocycles. The zero-order valence-electron chi connectivity index (χ0n) is 9.64. The maximum atomic E-state index is 8.65. The second-order valence-corrected chi connectivity index (χ2v) is 6.43. The molecular weight excluding hydrogens is 254 g/mol. The summed E-state index contributed by atoms with van der Waals surface area (Å²) in [5, 5.41) is 9.66. The summed E-state index contributed by atoms with van der Waals surface area (Å²) in [6.07, 6.45) is 9.35. The minimum atomic E-state index is -0.178. The molecule has 3 nitrogen and oxygen atoms in total. The van der Waals surface area contributed by atoms with E-state index in [1.807, 2.05) is 24.5 Å². The van der Waals surface area contributed by atoms with Crippen LogP contribution in [-0.2, 0) is 10.7 Å². The van der Waals surface area contributed by atoms with E-state index < -0.39 is 0 Å². The topological polar surface area (TPSA) is 49.0 Å². The van der Waals surface area contributed by atoms with E-state index in [9.17, 15) is 0 Å². The first-order valence-corrected chi connectivity index (χ1v) is 7.61. The third kappa shape index (κ3) is 2.85. The molecule has 0 N–H and O–H groups in total. The first-order chi connectivity index (χ1) is 8.22. The largest absolute Gasteiger partial charge is 0.244 e. The standard InChI is InChI=1S/C12H14ClN3S/c1-17(16-8-14)11-4-2-3-10(11)9-5-6-12(13)15-7-9/h5-7,10-11H,2-4H2,1H3. The minimum absolute atomic E-state index is 0.178. The van der Waals surface area contributed by atoms with Crippen LogP contribution in [0, 0.1) is 11.5 Å². The van der Waals surface area contributed by atoms with E-state index in [0.29, 0.717) is 16.3 Å². The van der Waals surface area contributed by atoms with E-state index in [1.165, 1.54) is 12.0 Å². The van der Waals surface area contributed by atoms with Gasteiger partial charge in [-0.1, -0.05) is 34.8 Å². The van der Waals surface area contributed by atoms with Crippen molar-refractivity contribution in [3.8, 4) is 6.19 Å². The van der Waals surface area contributed by atoms with Crippen LogP contribution in [0.15, 0.2) is 22.7 Å². The molecule has 1 aliphatic carbocycles. The summed E-state index contributed by atoms with van der Waals surface area (Å²) in [5.41, 5.74) is 1.23. The number of nitrogens with zero attached hydrogens (tertiary/aromatic N) is 3. The second kappa shape index (κ2) is 5.61. The molecule has 0 spiro atoms. The van der Waals surface area contributed by atoms with Crippen molar-refractivity contribution < 1.29 is 0 Å². The molecule has 3 atom stereocenters. The van der Waals surface area contributed by atoms with Gasteiger partial charge in [0.25, 0.3) is 0 Å². The van der Waals surface area contributed by atoms with Crippen molar-refractivity contribution in [1.29, 1.82) is 5.26 Å². The Morgan fingerprint density at radius 3 is 3.00 bits per heavy atom. The third-order valence-electron chi connectivity index (χ3n) is 3.25. The Labute approximate surface area is 109 Å². The van der Waals surface area contributed by atoms with Gasteiger partial charge in [-0.2, -0.15) is 9.62 Å². The average Bonchev–Trinajstić information content (AvgIpc) is 2.79. The highest BCUT2D eigenvalue weighted by Crippen LogP contribution is 2.37. The number of pyridine rings is 1. The Hall–Kier alpha value is -0.920. The minimum Gasteiger partial charge on any atom is -0.244 e. The van der Waals surface area contributed by atoms with Crippen LogP contribution in [0.5, 0.6) is 0 Å². The fraction of sp³-hybridized carbons (Fsp3) is 0.500. The smallest absolute Gasteiger partial charge is 0.212 e. The van der Waals surface area contributed by atoms with Crippen molar-refractivity contribution in [2.75, 3.05) is 6.26 Å². The van der Waals surface area contributed by atoms with Gasteiger partial charge in [0.1, 0.15) is 5.15 Å². The van der Waals surface area contributed by atoms with Crippen molar-refractivity contribution in [2.45, 2.75) is 30.4 Å². The summed E-state index contributed by atoms with van der Waals surface area (Å²) >= 11 is 5.80. The van der Waals surface area contributed by atoms with Gasteiger partial charge in [-0.25, -0.2) is 4.98 Å². The van der Waals surface area contributed by atoms with Crippen LogP contribution < -0.4 is 0 Å². The summed E-state index contributed by atoms with van der Waals surface area (Å²) in [4.78, 5) is 4.14. The maximum absolute atomic E-state index is 8.65. The van der Waals surface area contributed by atoms with Crippen LogP contribution in [-0.4, -0.2) is 16.5 Å². The fourth-order valence-electron chi connectivity index (χ4n) is 2.45. The van der Waals surface area contributed by atoms with Crippen LogP contribution in [0.4, 0.5) is 0 Å². The van der Waals surface area contributed by atoms with Crippen molar-refractivity contribution in [1.82, 2.24) is 4.98 Å². The summed E-state index contributed by atoms with van der Waals surface area (Å²) < 4.78 is 3.99. The number of halogens is 1. The van der Waals surface area contributed by atoms with Crippen molar-refractivity contribution in [3.05, 3.63) is 29.0 Å². The number of rotatable bonds is 2. The highest BCUT2D eigenvalue weighted by molar-refractivity contribution is 7.87. The highest BCUT2D eigenvalue weighted by Gasteiger charge is 2.30. The summed E-state index contributed by atoms with van der Waals surface area (Å²) in [6.45, 7) is 0. The first kappa shape index (κ1) is 12.5. The van der Waals surface area contributed by atoms with Crippen molar-refractivity contribution in [2.24, 2.45) is 4.36 Å². The van der Waals surface area contributed by atoms with Gasteiger partial charge in [-0.05, 0) is 36.6 Å². The van der Waals surface area contributed by atoms with Crippen LogP contribution in [0.1, 0.15) is 30.7 Å². The van der Waals surface area contributed by atoms with Crippen LogP contribution >= 0.6 is 11.6 Å². The molecule has 17 heavy (non-hydrogen) atoms. The van der Waals surface area contributed by atoms with Gasteiger partial charge in [0.05, 0.1) is 0 Å². The monoisotopic (exact) mass is 267 g/mol. The van der Waals surface area contributed by atoms with Gasteiger partial charge in [0.15, 0.2) is 0 Å². The van der Waals surface area contributed by atoms with Gasteiger partial charge in [-0.15, -0.1) is 0 Å². The lowest BCUT2D eigenvalue weighted by molar-refractivity contribution is 0.730. The number of nitriles is 1. The molecule has 1 aromatic heterocycles. The number of aromatic nitrogens is 1. The lowest BCUT2D eigenvalue weighted by atomic mass is 9.99. The molecule has 0 radical (unpaired) electrons. The molecule has 0 amide bonds. The first-order valence-electron chi connectivity index (χ1n) is 5.58. The molecule has 1 saturated carbocycles. The Kier molecular flexibility index (Phi) is 4.14. The predicted molar refractivity (Wildman–Crippen MR) is 71.0 cm³/mol. The summed E-state index contributed by atoms with van der Waals surface area (Å²) in [6, 6.07) is 3.88. The van der Waals surface area contributed by atoms with Gasteiger partial charge in [-0.3, -0.25) is 0 Å². The fourth-order valence-corrected chi connectivity index (χ4v) is 4.11. The zero-order valence-corrected chi connectivity index (χ0v) is 11.2. The molecule has 0 aromatic carbocycles. The SMILES string of the molecule is CS(=NC#N)C1CCCC1c1ccc(Cl)nc1. The molecule has 5 heteroatoms. The summed E-state index contributed by atoms with van der Waals surface area (Å²) in [5.74, 6) is 0.477. The molecule has 1 fully saturated rings. The van der Waals surface area contributed by atoms with E-state index in [0.717, 1.165) is 12.8 Å². The van der Waals surface area contributed by atoms with Gasteiger partial charge in [0, 0.05) is 11.4 Å². The normalized spacial score (nSPS) is 25.7. The average molecular weight is 268 g/mol. The van der Waals surface area contributed by atoms with E-state index in [-0.39, 0.29) is 10.7 Å². The van der Waals surface area contributed by atoms with Crippen LogP contribution in [0.2, 0.25) is 5.15 Å². The zero-order chi connectivity index (χ0) is 12.3. The van der Waals surface area contributed by atoms with Crippen molar-refractivity contribution in [3.63, 3.8) is 0 Å². The lowest BCUT2D eigenvalue weighted by Gasteiger charge is -2.19. The Bertz CT molecular complexity index is 464. The molecule has 1 aromatic rings. The molecule has 0 bridgehead atoms. The molecule has 90 valence electrons. The number of hydrogen-bond acceptors (Lipinski definition) is 3. The van der Waals surface area contributed by atoms with Gasteiger partial charge >= 0.3 is 0 Å². The lowest BCUT2D eigenvalue weighted by Crippen LogP contribution is -2.17. The highest BCUT2D eigenvalue weighted by atomic mass is 35.5.